The maximum atomic E-state index is 13.0. The Bertz CT molecular complexity index is 989. The van der Waals surface area contributed by atoms with Gasteiger partial charge < -0.3 is 10.2 Å². The normalized spacial score (nSPS) is 24.8. The number of fused-ring (bicyclic) bond motifs is 1. The van der Waals surface area contributed by atoms with Gasteiger partial charge in [0.25, 0.3) is 5.91 Å². The van der Waals surface area contributed by atoms with E-state index in [9.17, 15) is 14.4 Å². The first-order valence-corrected chi connectivity index (χ1v) is 10.3. The fraction of sp³-hybridized carbons (Fsp3) is 0.429. The Balaban J connectivity index is 1.39. The molecule has 2 atom stereocenters. The van der Waals surface area contributed by atoms with Gasteiger partial charge in [-0.3, -0.25) is 29.7 Å². The van der Waals surface area contributed by atoms with Gasteiger partial charge in [-0.05, 0) is 23.6 Å². The molecule has 2 aromatic rings. The van der Waals surface area contributed by atoms with E-state index in [1.54, 1.807) is 4.90 Å². The summed E-state index contributed by atoms with van der Waals surface area (Å²) in [5.74, 6) is -0.783. The Morgan fingerprint density at radius 3 is 2.87 bits per heavy atom. The molecule has 4 heterocycles. The Morgan fingerprint density at radius 2 is 2.07 bits per heavy atom. The van der Waals surface area contributed by atoms with Crippen LogP contribution in [0.2, 0.25) is 0 Å². The van der Waals surface area contributed by atoms with Crippen LogP contribution in [0.4, 0.5) is 0 Å². The van der Waals surface area contributed by atoms with Crippen molar-refractivity contribution < 1.29 is 14.4 Å². The third kappa shape index (κ3) is 3.29. The van der Waals surface area contributed by atoms with Crippen molar-refractivity contribution in [3.05, 3.63) is 52.8 Å². The molecule has 5 rings (SSSR count). The van der Waals surface area contributed by atoms with Gasteiger partial charge in [-0.15, -0.1) is 0 Å². The van der Waals surface area contributed by atoms with Crippen LogP contribution in [-0.4, -0.2) is 63.4 Å². The third-order valence-corrected chi connectivity index (χ3v) is 6.31. The molecule has 3 N–H and O–H groups in total. The van der Waals surface area contributed by atoms with Crippen LogP contribution in [0.3, 0.4) is 0 Å². The number of piperazine rings is 1. The van der Waals surface area contributed by atoms with Gasteiger partial charge in [0.05, 0.1) is 12.2 Å². The van der Waals surface area contributed by atoms with Crippen LogP contribution < -0.4 is 10.6 Å². The van der Waals surface area contributed by atoms with Crippen LogP contribution in [-0.2, 0) is 22.7 Å². The number of benzene rings is 1. The van der Waals surface area contributed by atoms with Gasteiger partial charge in [0.1, 0.15) is 6.04 Å². The lowest BCUT2D eigenvalue weighted by atomic mass is 10.0. The molecule has 9 nitrogen and oxygen atoms in total. The standard InChI is InChI=1S/C21H24N6O3/c28-19-5-4-17(20(29)25-19)27-12-16-13(2-1-3-15(16)21(27)30)11-26-7-6-22-10-18(26)14-8-23-24-9-14/h1-3,8-9,17-18,22H,4-7,10-12H2,(H,23,24)(H,25,28,29). The smallest absolute Gasteiger partial charge is 0.255 e. The first kappa shape index (κ1) is 19.0. The molecule has 0 aliphatic carbocycles. The van der Waals surface area contributed by atoms with E-state index in [0.29, 0.717) is 18.5 Å². The number of aromatic amines is 1. The van der Waals surface area contributed by atoms with Crippen LogP contribution in [0.15, 0.2) is 30.6 Å². The Kier molecular flexibility index (Phi) is 4.84. The lowest BCUT2D eigenvalue weighted by Gasteiger charge is -2.36. The summed E-state index contributed by atoms with van der Waals surface area (Å²) in [6.45, 7) is 3.77. The molecular weight excluding hydrogens is 384 g/mol. The molecule has 2 unspecified atom stereocenters. The number of nitrogens with one attached hydrogen (secondary N) is 3. The number of carbonyl (C=O) groups is 3. The molecule has 3 amide bonds. The summed E-state index contributed by atoms with van der Waals surface area (Å²) < 4.78 is 0. The fourth-order valence-electron chi connectivity index (χ4n) is 4.72. The maximum Gasteiger partial charge on any atom is 0.255 e. The van der Waals surface area contributed by atoms with Crippen molar-refractivity contribution in [1.82, 2.24) is 30.6 Å². The Morgan fingerprint density at radius 1 is 1.17 bits per heavy atom. The van der Waals surface area contributed by atoms with Gasteiger partial charge in [-0.2, -0.15) is 5.10 Å². The van der Waals surface area contributed by atoms with Crippen LogP contribution in [0.1, 0.15) is 45.9 Å². The van der Waals surface area contributed by atoms with Gasteiger partial charge in [-0.1, -0.05) is 12.1 Å². The molecule has 3 aliphatic rings. The van der Waals surface area contributed by atoms with Crippen molar-refractivity contribution in [3.8, 4) is 0 Å². The molecule has 156 valence electrons. The summed E-state index contributed by atoms with van der Waals surface area (Å²) in [6.07, 6.45) is 4.42. The zero-order chi connectivity index (χ0) is 20.7. The molecule has 30 heavy (non-hydrogen) atoms. The zero-order valence-electron chi connectivity index (χ0n) is 16.6. The lowest BCUT2D eigenvalue weighted by molar-refractivity contribution is -0.136. The third-order valence-electron chi connectivity index (χ3n) is 6.31. The van der Waals surface area contributed by atoms with Gasteiger partial charge in [-0.25, -0.2) is 0 Å². The second-order valence-electron chi connectivity index (χ2n) is 8.07. The first-order chi connectivity index (χ1) is 14.6. The summed E-state index contributed by atoms with van der Waals surface area (Å²) in [7, 11) is 0. The van der Waals surface area contributed by atoms with Crippen LogP contribution in [0.25, 0.3) is 0 Å². The molecule has 1 aromatic carbocycles. The number of hydrogen-bond acceptors (Lipinski definition) is 6. The molecular formula is C21H24N6O3. The maximum absolute atomic E-state index is 13.0. The van der Waals surface area contributed by atoms with Gasteiger partial charge in [0.15, 0.2) is 0 Å². The van der Waals surface area contributed by atoms with Gasteiger partial charge in [0, 0.05) is 56.5 Å². The number of carbonyl (C=O) groups excluding carboxylic acids is 3. The van der Waals surface area contributed by atoms with Crippen molar-refractivity contribution in [1.29, 1.82) is 0 Å². The second-order valence-corrected chi connectivity index (χ2v) is 8.07. The van der Waals surface area contributed by atoms with E-state index in [1.165, 1.54) is 0 Å². The summed E-state index contributed by atoms with van der Waals surface area (Å²) in [6, 6.07) is 5.42. The summed E-state index contributed by atoms with van der Waals surface area (Å²) in [5.41, 5.74) is 3.88. The van der Waals surface area contributed by atoms with E-state index in [4.69, 9.17) is 0 Å². The zero-order valence-corrected chi connectivity index (χ0v) is 16.6. The predicted octanol–water partition coefficient (Wildman–Crippen LogP) is 0.317. The Hall–Kier alpha value is -3.04. The molecule has 2 saturated heterocycles. The predicted molar refractivity (Wildman–Crippen MR) is 107 cm³/mol. The first-order valence-electron chi connectivity index (χ1n) is 10.3. The van der Waals surface area contributed by atoms with E-state index in [2.05, 4.69) is 31.8 Å². The Labute approximate surface area is 173 Å². The summed E-state index contributed by atoms with van der Waals surface area (Å²) in [4.78, 5) is 40.9. The minimum absolute atomic E-state index is 0.131. The average molecular weight is 408 g/mol. The van der Waals surface area contributed by atoms with Crippen LogP contribution >= 0.6 is 0 Å². The largest absolute Gasteiger partial charge is 0.322 e. The molecule has 3 aliphatic heterocycles. The van der Waals surface area contributed by atoms with Crippen molar-refractivity contribution in [2.45, 2.75) is 38.0 Å². The van der Waals surface area contributed by atoms with Crippen LogP contribution in [0.5, 0.6) is 0 Å². The molecule has 0 spiro atoms. The number of aromatic nitrogens is 2. The number of amides is 3. The van der Waals surface area contributed by atoms with Crippen molar-refractivity contribution >= 4 is 17.7 Å². The molecule has 0 radical (unpaired) electrons. The van der Waals surface area contributed by atoms with E-state index in [1.807, 2.05) is 24.5 Å². The topological polar surface area (TPSA) is 110 Å². The monoisotopic (exact) mass is 408 g/mol. The second kappa shape index (κ2) is 7.66. The minimum Gasteiger partial charge on any atom is -0.322 e. The number of H-pyrrole nitrogens is 1. The van der Waals surface area contributed by atoms with E-state index in [0.717, 1.165) is 42.9 Å². The molecule has 2 fully saturated rings. The van der Waals surface area contributed by atoms with Crippen LogP contribution in [0, 0.1) is 0 Å². The van der Waals surface area contributed by atoms with Crippen molar-refractivity contribution in [2.24, 2.45) is 0 Å². The number of imide groups is 1. The average Bonchev–Trinajstić information content (AvgIpc) is 3.38. The van der Waals surface area contributed by atoms with Gasteiger partial charge >= 0.3 is 0 Å². The fourth-order valence-corrected chi connectivity index (χ4v) is 4.72. The number of hydrogen-bond donors (Lipinski definition) is 3. The van der Waals surface area contributed by atoms with Crippen molar-refractivity contribution in [2.75, 3.05) is 19.6 Å². The highest BCUT2D eigenvalue weighted by Crippen LogP contribution is 2.32. The minimum atomic E-state index is -0.590. The highest BCUT2D eigenvalue weighted by Gasteiger charge is 2.40. The SMILES string of the molecule is O=C1CCC(N2Cc3c(CN4CCNCC4c4cn[nH]c4)cccc3C2=O)C(=O)N1. The highest BCUT2D eigenvalue weighted by molar-refractivity contribution is 6.05. The van der Waals surface area contributed by atoms with E-state index in [-0.39, 0.29) is 30.2 Å². The highest BCUT2D eigenvalue weighted by atomic mass is 16.2. The van der Waals surface area contributed by atoms with E-state index < -0.39 is 6.04 Å². The lowest BCUT2D eigenvalue weighted by Crippen LogP contribution is -2.52. The molecule has 0 bridgehead atoms. The summed E-state index contributed by atoms with van der Waals surface area (Å²) in [5, 5.41) is 12.8. The number of rotatable bonds is 4. The molecule has 1 aromatic heterocycles. The van der Waals surface area contributed by atoms with Crippen molar-refractivity contribution in [3.63, 3.8) is 0 Å². The van der Waals surface area contributed by atoms with Gasteiger partial charge in [0.2, 0.25) is 11.8 Å². The molecule has 0 saturated carbocycles. The number of piperidine rings is 1. The summed E-state index contributed by atoms with van der Waals surface area (Å²) >= 11 is 0. The number of nitrogens with zero attached hydrogens (tertiary/aromatic N) is 3. The molecule has 9 heteroatoms. The quantitative estimate of drug-likeness (QED) is 0.629. The van der Waals surface area contributed by atoms with E-state index >= 15 is 0 Å².